The summed E-state index contributed by atoms with van der Waals surface area (Å²) in [5.41, 5.74) is 2.64. The monoisotopic (exact) mass is 346 g/mol. The Morgan fingerprint density at radius 2 is 1.74 bits per heavy atom. The van der Waals surface area contributed by atoms with Crippen LogP contribution in [0.15, 0.2) is 48.5 Å². The number of amides is 1. The van der Waals surface area contributed by atoms with Gasteiger partial charge in [-0.25, -0.2) is 0 Å². The number of hydrogen-bond acceptors (Lipinski definition) is 2. The summed E-state index contributed by atoms with van der Waals surface area (Å²) in [6, 6.07) is 14.7. The van der Waals surface area contributed by atoms with Gasteiger partial charge in [-0.3, -0.25) is 10.1 Å². The van der Waals surface area contributed by atoms with Gasteiger partial charge in [-0.05, 0) is 66.5 Å². The van der Waals surface area contributed by atoms with Crippen molar-refractivity contribution in [3.05, 3.63) is 64.7 Å². The van der Waals surface area contributed by atoms with Crippen LogP contribution in [0.25, 0.3) is 0 Å². The Balaban J connectivity index is 1.94. The van der Waals surface area contributed by atoms with Gasteiger partial charge in [0.25, 0.3) is 5.91 Å². The number of halogens is 1. The van der Waals surface area contributed by atoms with Crippen LogP contribution in [0.3, 0.4) is 0 Å². The van der Waals surface area contributed by atoms with Gasteiger partial charge in [0.1, 0.15) is 0 Å². The Hall–Kier alpha value is -1.91. The normalized spacial score (nSPS) is 11.6. The summed E-state index contributed by atoms with van der Waals surface area (Å²) in [5, 5.41) is 6.51. The lowest BCUT2D eigenvalue weighted by molar-refractivity contribution is 0.0978. The molecule has 0 heterocycles. The Morgan fingerprint density at radius 1 is 1.13 bits per heavy atom. The molecule has 0 aromatic heterocycles. The first-order chi connectivity index (χ1) is 11.0. The molecule has 0 aliphatic rings. The number of carbonyl (C=O) groups excluding carboxylic acids is 1. The molecule has 1 atom stereocenters. The summed E-state index contributed by atoms with van der Waals surface area (Å²) in [7, 11) is 0. The molecule has 0 spiro atoms. The first kappa shape index (κ1) is 17.4. The van der Waals surface area contributed by atoms with E-state index in [1.807, 2.05) is 12.1 Å². The molecule has 0 saturated carbocycles. The molecular formula is C18H19ClN2OS. The van der Waals surface area contributed by atoms with Crippen LogP contribution >= 0.6 is 23.8 Å². The van der Waals surface area contributed by atoms with Crippen molar-refractivity contribution in [1.82, 2.24) is 5.32 Å². The fourth-order valence-corrected chi connectivity index (χ4v) is 2.41. The van der Waals surface area contributed by atoms with Gasteiger partial charge < -0.3 is 5.32 Å². The van der Waals surface area contributed by atoms with Crippen LogP contribution in [0.2, 0.25) is 5.02 Å². The van der Waals surface area contributed by atoms with E-state index in [9.17, 15) is 4.79 Å². The third kappa shape index (κ3) is 5.05. The first-order valence-corrected chi connectivity index (χ1v) is 8.26. The van der Waals surface area contributed by atoms with Crippen molar-refractivity contribution in [3.8, 4) is 0 Å². The number of carbonyl (C=O) groups is 1. The van der Waals surface area contributed by atoms with E-state index in [1.165, 1.54) is 5.56 Å². The Morgan fingerprint density at radius 3 is 2.30 bits per heavy atom. The minimum atomic E-state index is -0.268. The van der Waals surface area contributed by atoms with Crippen LogP contribution in [-0.4, -0.2) is 11.0 Å². The maximum absolute atomic E-state index is 12.1. The zero-order valence-electron chi connectivity index (χ0n) is 13.1. The average molecular weight is 347 g/mol. The summed E-state index contributed by atoms with van der Waals surface area (Å²) in [4.78, 5) is 12.1. The van der Waals surface area contributed by atoms with Crippen molar-refractivity contribution in [2.24, 2.45) is 0 Å². The molecule has 0 unspecified atom stereocenters. The number of nitrogens with one attached hydrogen (secondary N) is 2. The fourth-order valence-electron chi connectivity index (χ4n) is 2.07. The van der Waals surface area contributed by atoms with Crippen molar-refractivity contribution in [2.75, 3.05) is 5.32 Å². The highest BCUT2D eigenvalue weighted by atomic mass is 35.5. The third-order valence-electron chi connectivity index (χ3n) is 3.68. The lowest BCUT2D eigenvalue weighted by atomic mass is 9.99. The molecule has 2 N–H and O–H groups in total. The van der Waals surface area contributed by atoms with E-state index in [0.29, 0.717) is 16.5 Å². The van der Waals surface area contributed by atoms with Crippen molar-refractivity contribution < 1.29 is 4.79 Å². The van der Waals surface area contributed by atoms with Crippen LogP contribution in [-0.2, 0) is 0 Å². The van der Waals surface area contributed by atoms with E-state index in [1.54, 1.807) is 24.3 Å². The Bertz CT molecular complexity index is 683. The van der Waals surface area contributed by atoms with E-state index >= 15 is 0 Å². The zero-order chi connectivity index (χ0) is 16.8. The predicted molar refractivity (Wildman–Crippen MR) is 100 cm³/mol. The lowest BCUT2D eigenvalue weighted by Gasteiger charge is -2.12. The first-order valence-electron chi connectivity index (χ1n) is 7.47. The van der Waals surface area contributed by atoms with Crippen molar-refractivity contribution in [2.45, 2.75) is 26.2 Å². The van der Waals surface area contributed by atoms with Gasteiger partial charge in [-0.15, -0.1) is 0 Å². The Kier molecular flexibility index (Phi) is 6.13. The second-order valence-corrected chi connectivity index (χ2v) is 6.19. The van der Waals surface area contributed by atoms with E-state index in [-0.39, 0.29) is 11.0 Å². The second-order valence-electron chi connectivity index (χ2n) is 5.35. The summed E-state index contributed by atoms with van der Waals surface area (Å²) >= 11 is 11.0. The molecule has 0 aliphatic heterocycles. The number of anilines is 1. The van der Waals surface area contributed by atoms with Gasteiger partial charge in [-0.2, -0.15) is 0 Å². The number of thiocarbonyl (C=S) groups is 1. The van der Waals surface area contributed by atoms with E-state index in [2.05, 4.69) is 36.6 Å². The van der Waals surface area contributed by atoms with Gasteiger partial charge >= 0.3 is 0 Å². The molecule has 2 aromatic rings. The van der Waals surface area contributed by atoms with Crippen LogP contribution in [0.4, 0.5) is 5.69 Å². The van der Waals surface area contributed by atoms with Crippen molar-refractivity contribution >= 4 is 40.5 Å². The lowest BCUT2D eigenvalue weighted by Crippen LogP contribution is -2.34. The summed E-state index contributed by atoms with van der Waals surface area (Å²) in [6.45, 7) is 4.36. The SMILES string of the molecule is CC[C@H](C)c1ccc(NC(=S)NC(=O)c2ccc(Cl)cc2)cc1. The second kappa shape index (κ2) is 8.09. The highest BCUT2D eigenvalue weighted by Crippen LogP contribution is 2.20. The molecule has 0 radical (unpaired) electrons. The van der Waals surface area contributed by atoms with Crippen LogP contribution < -0.4 is 10.6 Å². The maximum atomic E-state index is 12.1. The van der Waals surface area contributed by atoms with Crippen molar-refractivity contribution in [3.63, 3.8) is 0 Å². The van der Waals surface area contributed by atoms with Crippen LogP contribution in [0.1, 0.15) is 42.1 Å². The molecule has 0 saturated heterocycles. The molecule has 0 bridgehead atoms. The van der Waals surface area contributed by atoms with E-state index < -0.39 is 0 Å². The number of rotatable bonds is 4. The molecule has 2 aromatic carbocycles. The predicted octanol–water partition coefficient (Wildman–Crippen LogP) is 4.98. The van der Waals surface area contributed by atoms with Gasteiger partial charge in [0.05, 0.1) is 0 Å². The highest BCUT2D eigenvalue weighted by Gasteiger charge is 2.08. The molecule has 3 nitrogen and oxygen atoms in total. The summed E-state index contributed by atoms with van der Waals surface area (Å²) < 4.78 is 0. The smallest absolute Gasteiger partial charge is 0.257 e. The molecule has 5 heteroatoms. The summed E-state index contributed by atoms with van der Waals surface area (Å²) in [6.07, 6.45) is 1.10. The molecular weight excluding hydrogens is 328 g/mol. The van der Waals surface area contributed by atoms with Crippen LogP contribution in [0.5, 0.6) is 0 Å². The standard InChI is InChI=1S/C18H19ClN2OS/c1-3-12(2)13-6-10-16(11-7-13)20-18(23)21-17(22)14-4-8-15(19)9-5-14/h4-12H,3H2,1-2H3,(H2,20,21,22,23)/t12-/m0/s1. The maximum Gasteiger partial charge on any atom is 0.257 e. The minimum Gasteiger partial charge on any atom is -0.332 e. The van der Waals surface area contributed by atoms with Gasteiger partial charge in [0.15, 0.2) is 5.11 Å². The topological polar surface area (TPSA) is 41.1 Å². The Labute approximate surface area is 147 Å². The summed E-state index contributed by atoms with van der Waals surface area (Å²) in [5.74, 6) is 0.260. The third-order valence-corrected chi connectivity index (χ3v) is 4.14. The number of hydrogen-bond donors (Lipinski definition) is 2. The van der Waals surface area contributed by atoms with Crippen LogP contribution in [0, 0.1) is 0 Å². The van der Waals surface area contributed by atoms with E-state index in [4.69, 9.17) is 23.8 Å². The largest absolute Gasteiger partial charge is 0.332 e. The average Bonchev–Trinajstić information content (AvgIpc) is 2.55. The molecule has 0 fully saturated rings. The zero-order valence-corrected chi connectivity index (χ0v) is 14.7. The molecule has 1 amide bonds. The quantitative estimate of drug-likeness (QED) is 0.767. The van der Waals surface area contributed by atoms with Gasteiger partial charge in [0.2, 0.25) is 0 Å². The van der Waals surface area contributed by atoms with Crippen molar-refractivity contribution in [1.29, 1.82) is 0 Å². The molecule has 23 heavy (non-hydrogen) atoms. The van der Waals surface area contributed by atoms with E-state index in [0.717, 1.165) is 12.1 Å². The van der Waals surface area contributed by atoms with Gasteiger partial charge in [0, 0.05) is 16.3 Å². The molecule has 120 valence electrons. The number of benzene rings is 2. The van der Waals surface area contributed by atoms with Gasteiger partial charge in [-0.1, -0.05) is 37.6 Å². The molecule has 2 rings (SSSR count). The minimum absolute atomic E-state index is 0.265. The molecule has 0 aliphatic carbocycles. The fraction of sp³-hybridized carbons (Fsp3) is 0.222. The highest BCUT2D eigenvalue weighted by molar-refractivity contribution is 7.80.